The molecule has 0 spiro atoms. The molecule has 0 saturated heterocycles. The Bertz CT molecular complexity index is 561. The summed E-state index contributed by atoms with van der Waals surface area (Å²) in [5.41, 5.74) is 0.420. The summed E-state index contributed by atoms with van der Waals surface area (Å²) in [6.07, 6.45) is 0. The zero-order valence-corrected chi connectivity index (χ0v) is 8.68. The lowest BCUT2D eigenvalue weighted by Crippen LogP contribution is -1.89. The number of hydrogen-bond donors (Lipinski definition) is 2. The highest BCUT2D eigenvalue weighted by Gasteiger charge is 2.08. The van der Waals surface area contributed by atoms with Crippen LogP contribution < -0.4 is 0 Å². The standard InChI is InChI=1S/C9H8FN3OS/c1-13-9(15)11-8(12-13)6-3-2-5(10)4-7(6)14/h2-4,14H,1H3,(H,11,12,15). The lowest BCUT2D eigenvalue weighted by molar-refractivity contribution is 0.470. The molecule has 0 unspecified atom stereocenters. The van der Waals surface area contributed by atoms with Crippen LogP contribution in [0.2, 0.25) is 0 Å². The van der Waals surface area contributed by atoms with Crippen molar-refractivity contribution in [3.05, 3.63) is 28.8 Å². The van der Waals surface area contributed by atoms with Crippen LogP contribution >= 0.6 is 12.2 Å². The van der Waals surface area contributed by atoms with Crippen molar-refractivity contribution in [2.45, 2.75) is 0 Å². The predicted molar refractivity (Wildman–Crippen MR) is 55.5 cm³/mol. The lowest BCUT2D eigenvalue weighted by Gasteiger charge is -2.00. The van der Waals surface area contributed by atoms with Gasteiger partial charge in [-0.3, -0.25) is 9.78 Å². The van der Waals surface area contributed by atoms with Crippen molar-refractivity contribution in [3.63, 3.8) is 0 Å². The van der Waals surface area contributed by atoms with Gasteiger partial charge in [0, 0.05) is 13.1 Å². The molecule has 0 radical (unpaired) electrons. The second-order valence-corrected chi connectivity index (χ2v) is 3.44. The fourth-order valence-corrected chi connectivity index (χ4v) is 1.36. The van der Waals surface area contributed by atoms with Gasteiger partial charge in [-0.05, 0) is 24.4 Å². The summed E-state index contributed by atoms with van der Waals surface area (Å²) in [6, 6.07) is 3.72. The number of aryl methyl sites for hydroxylation is 1. The van der Waals surface area contributed by atoms with Gasteiger partial charge in [0.05, 0.1) is 5.56 Å². The van der Waals surface area contributed by atoms with Crippen LogP contribution in [0.5, 0.6) is 5.75 Å². The van der Waals surface area contributed by atoms with Crippen LogP contribution in [0.3, 0.4) is 0 Å². The van der Waals surface area contributed by atoms with E-state index >= 15 is 0 Å². The lowest BCUT2D eigenvalue weighted by atomic mass is 10.2. The summed E-state index contributed by atoms with van der Waals surface area (Å²) >= 11 is 4.91. The molecule has 4 nitrogen and oxygen atoms in total. The van der Waals surface area contributed by atoms with E-state index in [0.717, 1.165) is 6.07 Å². The summed E-state index contributed by atoms with van der Waals surface area (Å²) in [6.45, 7) is 0. The molecule has 6 heteroatoms. The maximum absolute atomic E-state index is 12.7. The Labute approximate surface area is 90.0 Å². The topological polar surface area (TPSA) is 53.8 Å². The molecule has 2 rings (SSSR count). The number of rotatable bonds is 1. The maximum atomic E-state index is 12.7. The molecular weight excluding hydrogens is 217 g/mol. The van der Waals surface area contributed by atoms with E-state index in [9.17, 15) is 9.50 Å². The first-order valence-corrected chi connectivity index (χ1v) is 4.60. The van der Waals surface area contributed by atoms with E-state index in [1.165, 1.54) is 16.8 Å². The minimum atomic E-state index is -0.495. The Morgan fingerprint density at radius 3 is 2.80 bits per heavy atom. The van der Waals surface area contributed by atoms with E-state index in [2.05, 4.69) is 10.1 Å². The van der Waals surface area contributed by atoms with Gasteiger partial charge in [0.25, 0.3) is 0 Å². The highest BCUT2D eigenvalue weighted by atomic mass is 32.1. The molecule has 1 aromatic heterocycles. The monoisotopic (exact) mass is 225 g/mol. The first kappa shape index (κ1) is 9.85. The molecule has 1 heterocycles. The van der Waals surface area contributed by atoms with E-state index in [0.29, 0.717) is 16.2 Å². The van der Waals surface area contributed by atoms with Crippen LogP contribution in [-0.4, -0.2) is 19.9 Å². The van der Waals surface area contributed by atoms with E-state index in [1.807, 2.05) is 0 Å². The number of nitrogens with one attached hydrogen (secondary N) is 1. The van der Waals surface area contributed by atoms with Gasteiger partial charge in [-0.2, -0.15) is 4.98 Å². The van der Waals surface area contributed by atoms with Gasteiger partial charge >= 0.3 is 0 Å². The third-order valence-electron chi connectivity index (χ3n) is 1.98. The Morgan fingerprint density at radius 2 is 2.27 bits per heavy atom. The van der Waals surface area contributed by atoms with E-state index in [1.54, 1.807) is 7.05 Å². The molecule has 78 valence electrons. The number of benzene rings is 1. The fraction of sp³-hybridized carbons (Fsp3) is 0.111. The zero-order chi connectivity index (χ0) is 11.0. The molecule has 0 aliphatic rings. The fourth-order valence-electron chi connectivity index (χ4n) is 1.23. The van der Waals surface area contributed by atoms with Crippen molar-refractivity contribution in [3.8, 4) is 17.1 Å². The molecule has 0 bridgehead atoms. The largest absolute Gasteiger partial charge is 0.507 e. The van der Waals surface area contributed by atoms with Gasteiger partial charge in [-0.1, -0.05) is 0 Å². The molecule has 2 N–H and O–H groups in total. The maximum Gasteiger partial charge on any atom is 0.216 e. The molecule has 0 fully saturated rings. The smallest absolute Gasteiger partial charge is 0.216 e. The minimum Gasteiger partial charge on any atom is -0.507 e. The summed E-state index contributed by atoms with van der Waals surface area (Å²) in [4.78, 5) is 4.01. The quantitative estimate of drug-likeness (QED) is 0.730. The molecule has 0 amide bonds. The molecule has 15 heavy (non-hydrogen) atoms. The Kier molecular flexibility index (Phi) is 2.28. The molecule has 0 saturated carbocycles. The molecular formula is C9H8FN3OS. The average molecular weight is 225 g/mol. The highest BCUT2D eigenvalue weighted by Crippen LogP contribution is 2.26. The van der Waals surface area contributed by atoms with Crippen LogP contribution in [0.1, 0.15) is 0 Å². The number of aromatic hydroxyl groups is 1. The van der Waals surface area contributed by atoms with Gasteiger partial charge < -0.3 is 5.11 Å². The molecule has 0 atom stereocenters. The van der Waals surface area contributed by atoms with Gasteiger partial charge in [-0.15, -0.1) is 0 Å². The van der Waals surface area contributed by atoms with Crippen molar-refractivity contribution in [1.29, 1.82) is 0 Å². The highest BCUT2D eigenvalue weighted by molar-refractivity contribution is 7.71. The van der Waals surface area contributed by atoms with Crippen LogP contribution in [0.15, 0.2) is 18.2 Å². The third-order valence-corrected chi connectivity index (χ3v) is 2.35. The number of hydrogen-bond acceptors (Lipinski definition) is 3. The third kappa shape index (κ3) is 1.75. The molecule has 1 aromatic carbocycles. The summed E-state index contributed by atoms with van der Waals surface area (Å²) in [7, 11) is 1.71. The summed E-state index contributed by atoms with van der Waals surface area (Å²) < 4.78 is 14.6. The second kappa shape index (κ2) is 3.47. The normalized spacial score (nSPS) is 10.5. The Balaban J connectivity index is 2.59. The average Bonchev–Trinajstić information content (AvgIpc) is 2.46. The van der Waals surface area contributed by atoms with E-state index < -0.39 is 5.82 Å². The minimum absolute atomic E-state index is 0.167. The first-order valence-electron chi connectivity index (χ1n) is 4.20. The number of halogens is 1. The van der Waals surface area contributed by atoms with Crippen LogP contribution in [0.25, 0.3) is 11.4 Å². The predicted octanol–water partition coefficient (Wildman–Crippen LogP) is 1.99. The number of H-pyrrole nitrogens is 1. The van der Waals surface area contributed by atoms with Gasteiger partial charge in [0.15, 0.2) is 5.82 Å². The van der Waals surface area contributed by atoms with E-state index in [-0.39, 0.29) is 5.75 Å². The van der Waals surface area contributed by atoms with Crippen LogP contribution in [-0.2, 0) is 7.05 Å². The van der Waals surface area contributed by atoms with Gasteiger partial charge in [0.2, 0.25) is 4.77 Å². The van der Waals surface area contributed by atoms with Gasteiger partial charge in [-0.25, -0.2) is 4.39 Å². The Morgan fingerprint density at radius 1 is 1.53 bits per heavy atom. The zero-order valence-electron chi connectivity index (χ0n) is 7.86. The van der Waals surface area contributed by atoms with Crippen molar-refractivity contribution in [2.24, 2.45) is 7.05 Å². The summed E-state index contributed by atoms with van der Waals surface area (Å²) in [5, 5.41) is 12.3. The molecule has 2 aromatic rings. The number of nitrogens with zero attached hydrogens (tertiary/aromatic N) is 2. The van der Waals surface area contributed by atoms with Gasteiger partial charge in [0.1, 0.15) is 11.6 Å². The number of phenols is 1. The van der Waals surface area contributed by atoms with E-state index in [4.69, 9.17) is 12.2 Å². The number of aromatic nitrogens is 3. The second-order valence-electron chi connectivity index (χ2n) is 3.08. The number of phenolic OH excluding ortho intramolecular Hbond substituents is 1. The molecule has 0 aliphatic carbocycles. The van der Waals surface area contributed by atoms with Crippen molar-refractivity contribution < 1.29 is 9.50 Å². The van der Waals surface area contributed by atoms with Crippen molar-refractivity contribution in [2.75, 3.05) is 0 Å². The molecule has 0 aliphatic heterocycles. The number of aromatic amines is 1. The first-order chi connectivity index (χ1) is 7.08. The SMILES string of the molecule is Cn1[nH]c(-c2ccc(F)cc2O)nc1=S. The Hall–Kier alpha value is -1.69. The van der Waals surface area contributed by atoms with Crippen molar-refractivity contribution >= 4 is 12.2 Å². The van der Waals surface area contributed by atoms with Crippen LogP contribution in [0, 0.1) is 10.6 Å². The van der Waals surface area contributed by atoms with Crippen molar-refractivity contribution in [1.82, 2.24) is 14.8 Å². The summed E-state index contributed by atoms with van der Waals surface area (Å²) in [5.74, 6) is -0.245. The van der Waals surface area contributed by atoms with Crippen LogP contribution in [0.4, 0.5) is 4.39 Å².